The van der Waals surface area contributed by atoms with Crippen molar-refractivity contribution in [1.29, 1.82) is 0 Å². The summed E-state index contributed by atoms with van der Waals surface area (Å²) in [6.45, 7) is 19.9. The minimum atomic E-state index is -2.87. The number of aliphatic carboxylic acids is 3. The highest BCUT2D eigenvalue weighted by molar-refractivity contribution is 6.04. The lowest BCUT2D eigenvalue weighted by atomic mass is 9.71. The smallest absolute Gasteiger partial charge is 0.336 e. The van der Waals surface area contributed by atoms with E-state index in [9.17, 15) is 53.7 Å². The van der Waals surface area contributed by atoms with Crippen molar-refractivity contribution in [1.82, 2.24) is 0 Å². The Balaban J connectivity index is 2.03. The number of Topliss-reactive ketones (excluding diaryl/α,β-unsaturated/α-hetero) is 3. The van der Waals surface area contributed by atoms with Crippen molar-refractivity contribution < 1.29 is 68.3 Å². The van der Waals surface area contributed by atoms with Crippen LogP contribution in [0.5, 0.6) is 0 Å². The molecule has 0 aromatic carbocycles. The average molecular weight is 925 g/mol. The van der Waals surface area contributed by atoms with Crippen molar-refractivity contribution in [3.8, 4) is 0 Å². The fourth-order valence-corrected chi connectivity index (χ4v) is 7.43. The van der Waals surface area contributed by atoms with Gasteiger partial charge in [0.05, 0.1) is 18.4 Å². The van der Waals surface area contributed by atoms with Gasteiger partial charge in [-0.15, -0.1) is 0 Å². The number of carboxylic acids is 3. The van der Waals surface area contributed by atoms with E-state index in [0.717, 1.165) is 39.5 Å². The van der Waals surface area contributed by atoms with Gasteiger partial charge < -0.3 is 29.9 Å². The number of carbonyl (C=O) groups excluding carboxylic acids is 5. The van der Waals surface area contributed by atoms with Crippen molar-refractivity contribution in [3.05, 3.63) is 141 Å². The quantitative estimate of drug-likeness (QED) is 0.0479. The summed E-state index contributed by atoms with van der Waals surface area (Å²) in [6.07, 6.45) is 22.8. The van der Waals surface area contributed by atoms with Crippen LogP contribution in [0.1, 0.15) is 108 Å². The van der Waals surface area contributed by atoms with Gasteiger partial charge in [0.1, 0.15) is 5.78 Å². The van der Waals surface area contributed by atoms with Crippen molar-refractivity contribution in [3.63, 3.8) is 0 Å². The van der Waals surface area contributed by atoms with Crippen molar-refractivity contribution in [2.45, 2.75) is 126 Å². The largest absolute Gasteiger partial charge is 0.481 e. The van der Waals surface area contributed by atoms with E-state index in [0.29, 0.717) is 11.1 Å². The fraction of sp³-hybridized carbons (Fsp3) is 0.396. The Kier molecular flexibility index (Phi) is 20.7. The number of rotatable bonds is 21. The van der Waals surface area contributed by atoms with Gasteiger partial charge in [0.15, 0.2) is 29.4 Å². The van der Waals surface area contributed by atoms with Crippen LogP contribution in [0.4, 0.5) is 0 Å². The molecule has 14 nitrogen and oxygen atoms in total. The van der Waals surface area contributed by atoms with Gasteiger partial charge in [0.25, 0.3) is 0 Å². The first-order valence-electron chi connectivity index (χ1n) is 21.6. The van der Waals surface area contributed by atoms with E-state index in [-0.39, 0.29) is 18.6 Å². The van der Waals surface area contributed by atoms with Crippen LogP contribution in [0.2, 0.25) is 0 Å². The molecule has 0 saturated carbocycles. The maximum atomic E-state index is 13.2. The summed E-state index contributed by atoms with van der Waals surface area (Å²) in [5.41, 5.74) is 1.74. The Labute approximate surface area is 392 Å². The number of esters is 2. The molecule has 360 valence electrons. The van der Waals surface area contributed by atoms with Gasteiger partial charge in [-0.05, 0) is 81.6 Å². The maximum absolute atomic E-state index is 13.2. The zero-order valence-electron chi connectivity index (χ0n) is 40.2. The minimum absolute atomic E-state index is 0.0981. The van der Waals surface area contributed by atoms with Gasteiger partial charge in [-0.25, -0.2) is 14.4 Å². The lowest BCUT2D eigenvalue weighted by Crippen LogP contribution is -2.45. The summed E-state index contributed by atoms with van der Waals surface area (Å²) in [4.78, 5) is 96.7. The number of ether oxygens (including phenoxy) is 2. The second-order valence-corrected chi connectivity index (χ2v) is 18.2. The van der Waals surface area contributed by atoms with Crippen LogP contribution in [-0.4, -0.2) is 85.4 Å². The van der Waals surface area contributed by atoms with Crippen LogP contribution in [0.25, 0.3) is 0 Å². The number of hydrogen-bond donors (Lipinski definition) is 4. The number of hydrogen-bond acceptors (Lipinski definition) is 11. The first-order valence-corrected chi connectivity index (χ1v) is 21.6. The Morgan fingerprint density at radius 3 is 1.42 bits per heavy atom. The van der Waals surface area contributed by atoms with E-state index in [2.05, 4.69) is 0 Å². The third kappa shape index (κ3) is 17.8. The molecule has 0 aliphatic heterocycles. The summed E-state index contributed by atoms with van der Waals surface area (Å²) < 4.78 is 10.7. The second kappa shape index (κ2) is 24.6. The van der Waals surface area contributed by atoms with Crippen LogP contribution in [0, 0.1) is 10.8 Å². The SMILES string of the molecule is CC(=O)C/C(=C/C(=O)OC1CC(C)(C)C(/C=C/C(C)=C/C=C/C(C)=C/C=C/C=C(C)/C=C/C=C(C)/C=C/C2=C(C)C(=O)C(OC(=O)CC(O)(CC(=O)O)C(=O)O)CC2(C)C)=C(C)C1=O)C(=O)O. The monoisotopic (exact) mass is 924 g/mol. The van der Waals surface area contributed by atoms with Gasteiger partial charge in [-0.3, -0.25) is 24.0 Å². The van der Waals surface area contributed by atoms with E-state index >= 15 is 0 Å². The number of ketones is 3. The lowest BCUT2D eigenvalue weighted by molar-refractivity contribution is -0.174. The zero-order chi connectivity index (χ0) is 51.0. The maximum Gasteiger partial charge on any atom is 0.336 e. The molecule has 0 fully saturated rings. The Morgan fingerprint density at radius 2 is 1.03 bits per heavy atom. The summed E-state index contributed by atoms with van der Waals surface area (Å²) in [7, 11) is 0. The molecule has 4 N–H and O–H groups in total. The van der Waals surface area contributed by atoms with Crippen LogP contribution < -0.4 is 0 Å². The molecule has 2 aliphatic rings. The fourth-order valence-electron chi connectivity index (χ4n) is 7.43. The van der Waals surface area contributed by atoms with Gasteiger partial charge in [-0.1, -0.05) is 135 Å². The van der Waals surface area contributed by atoms with Crippen LogP contribution in [0.3, 0.4) is 0 Å². The number of allylic oxidation sites excluding steroid dienone is 20. The number of aliphatic hydroxyl groups is 1. The molecule has 14 heteroatoms. The average Bonchev–Trinajstić information content (AvgIpc) is 3.19. The third-order valence-corrected chi connectivity index (χ3v) is 11.1. The van der Waals surface area contributed by atoms with E-state index in [1.165, 1.54) is 6.92 Å². The van der Waals surface area contributed by atoms with E-state index in [1.807, 2.05) is 140 Å². The molecule has 3 atom stereocenters. The van der Waals surface area contributed by atoms with Crippen molar-refractivity contribution in [2.24, 2.45) is 10.8 Å². The molecule has 0 heterocycles. The zero-order valence-corrected chi connectivity index (χ0v) is 40.2. The van der Waals surface area contributed by atoms with Gasteiger partial charge in [0, 0.05) is 25.3 Å². The van der Waals surface area contributed by atoms with E-state index in [4.69, 9.17) is 14.6 Å². The summed E-state index contributed by atoms with van der Waals surface area (Å²) in [6, 6.07) is 0. The first-order chi connectivity index (χ1) is 31.0. The standard InChI is InChI=1S/C53H64O14/c1-32(18-14-20-34(3)22-24-40-37(6)47(59)42(28-51(40,8)9)66-45(57)27-39(49(61)62)26-36(5)54)16-12-13-17-33(2)19-15-21-35(4)23-25-41-38(7)48(60)43(29-52(41,10)11)67-46(58)31-53(65,50(63)64)30-44(55)56/h12-25,27,42-43,65H,26,28-31H2,1-11H3,(H,55,56)(H,61,62)(H,63,64)/b13-12+,18-14+,19-15+,24-22+,25-23+,32-16+,33-17+,34-20+,35-21+,39-27-. The highest BCUT2D eigenvalue weighted by atomic mass is 16.6. The highest BCUT2D eigenvalue weighted by Crippen LogP contribution is 2.42. The summed E-state index contributed by atoms with van der Waals surface area (Å²) in [5, 5.41) is 37.7. The summed E-state index contributed by atoms with van der Waals surface area (Å²) in [5.74, 6) is -8.35. The van der Waals surface area contributed by atoms with Gasteiger partial charge in [0.2, 0.25) is 0 Å². The highest BCUT2D eigenvalue weighted by Gasteiger charge is 2.45. The predicted molar refractivity (Wildman–Crippen MR) is 253 cm³/mol. The molecule has 3 unspecified atom stereocenters. The molecular formula is C53H64O14. The van der Waals surface area contributed by atoms with Crippen LogP contribution in [-0.2, 0) is 47.8 Å². The molecule has 0 bridgehead atoms. The Hall–Kier alpha value is -6.80. The molecule has 0 amide bonds. The molecule has 2 rings (SSSR count). The minimum Gasteiger partial charge on any atom is -0.481 e. The summed E-state index contributed by atoms with van der Waals surface area (Å²) >= 11 is 0. The Morgan fingerprint density at radius 1 is 0.627 bits per heavy atom. The molecule has 0 aromatic rings. The van der Waals surface area contributed by atoms with Crippen molar-refractivity contribution >= 4 is 47.2 Å². The number of carbonyl (C=O) groups is 8. The molecular weight excluding hydrogens is 861 g/mol. The van der Waals surface area contributed by atoms with Crippen LogP contribution >= 0.6 is 0 Å². The molecule has 0 spiro atoms. The topological polar surface area (TPSA) is 236 Å². The third-order valence-electron chi connectivity index (χ3n) is 11.1. The first kappa shape index (κ1) is 56.3. The van der Waals surface area contributed by atoms with Crippen molar-refractivity contribution in [2.75, 3.05) is 0 Å². The molecule has 0 saturated heterocycles. The van der Waals surface area contributed by atoms with Crippen LogP contribution in [0.15, 0.2) is 141 Å². The van der Waals surface area contributed by atoms with Gasteiger partial charge in [-0.2, -0.15) is 0 Å². The second-order valence-electron chi connectivity index (χ2n) is 18.2. The lowest BCUT2D eigenvalue weighted by Gasteiger charge is -2.36. The molecule has 0 radical (unpaired) electrons. The molecule has 2 aliphatic carbocycles. The predicted octanol–water partition coefficient (Wildman–Crippen LogP) is 8.68. The van der Waals surface area contributed by atoms with Gasteiger partial charge >= 0.3 is 29.8 Å². The normalized spacial score (nSPS) is 21.0. The van der Waals surface area contributed by atoms with E-state index < -0.39 is 94.9 Å². The molecule has 67 heavy (non-hydrogen) atoms. The Bertz CT molecular complexity index is 2390. The number of carboxylic acid groups (broad SMARTS) is 3. The van der Waals surface area contributed by atoms with E-state index in [1.54, 1.807) is 13.8 Å². The molecule has 0 aromatic heterocycles.